The molecule has 1 unspecified atom stereocenters. The first-order valence-electron chi connectivity index (χ1n) is 13.0. The fourth-order valence-electron chi connectivity index (χ4n) is 4.97. The van der Waals surface area contributed by atoms with Crippen LogP contribution in [0.25, 0.3) is 5.76 Å². The van der Waals surface area contributed by atoms with E-state index in [1.165, 1.54) is 0 Å². The molecule has 3 aromatic carbocycles. The molecular weight excluding hydrogens is 560 g/mol. The number of likely N-dealkylation sites (tertiary alicyclic amines) is 1. The highest BCUT2D eigenvalue weighted by atomic mass is 79.9. The zero-order chi connectivity index (χ0) is 27.4. The highest BCUT2D eigenvalue weighted by Gasteiger charge is 2.46. The van der Waals surface area contributed by atoms with Gasteiger partial charge >= 0.3 is 0 Å². The summed E-state index contributed by atoms with van der Waals surface area (Å²) >= 11 is 3.46. The number of ketones is 1. The molecule has 39 heavy (non-hydrogen) atoms. The summed E-state index contributed by atoms with van der Waals surface area (Å²) in [5, 5.41) is 11.4. The fraction of sp³-hybridized carbons (Fsp3) is 0.290. The number of hydrogen-bond donors (Lipinski definition) is 1. The first-order valence-corrected chi connectivity index (χ1v) is 13.8. The van der Waals surface area contributed by atoms with Crippen molar-refractivity contribution in [2.75, 3.05) is 39.4 Å². The summed E-state index contributed by atoms with van der Waals surface area (Å²) in [5.74, 6) is -0.830. The van der Waals surface area contributed by atoms with Gasteiger partial charge in [0.2, 0.25) is 0 Å². The van der Waals surface area contributed by atoms with E-state index in [4.69, 9.17) is 9.47 Å². The summed E-state index contributed by atoms with van der Waals surface area (Å²) in [6.45, 7) is 6.33. The lowest BCUT2D eigenvalue weighted by atomic mass is 9.95. The van der Waals surface area contributed by atoms with Crippen molar-refractivity contribution in [3.8, 4) is 5.75 Å². The second kappa shape index (κ2) is 12.2. The third-order valence-corrected chi connectivity index (χ3v) is 7.80. The molecule has 2 aliphatic rings. The summed E-state index contributed by atoms with van der Waals surface area (Å²) in [7, 11) is 0. The van der Waals surface area contributed by atoms with Crippen molar-refractivity contribution in [1.82, 2.24) is 9.80 Å². The lowest BCUT2D eigenvalue weighted by Crippen LogP contribution is -2.42. The van der Waals surface area contributed by atoms with Gasteiger partial charge in [-0.3, -0.25) is 14.5 Å². The van der Waals surface area contributed by atoms with Crippen LogP contribution in [-0.2, 0) is 20.9 Å². The van der Waals surface area contributed by atoms with Gasteiger partial charge in [-0.25, -0.2) is 0 Å². The van der Waals surface area contributed by atoms with Gasteiger partial charge in [0.25, 0.3) is 11.7 Å². The molecule has 3 aromatic rings. The molecule has 2 heterocycles. The van der Waals surface area contributed by atoms with Gasteiger partial charge in [0.15, 0.2) is 0 Å². The van der Waals surface area contributed by atoms with Crippen molar-refractivity contribution < 1.29 is 24.2 Å². The van der Waals surface area contributed by atoms with Crippen molar-refractivity contribution >= 4 is 33.4 Å². The maximum Gasteiger partial charge on any atom is 0.295 e. The number of carbonyl (C=O) groups excluding carboxylic acids is 2. The first kappa shape index (κ1) is 27.1. The topological polar surface area (TPSA) is 79.3 Å². The molecule has 0 spiro atoms. The first-order chi connectivity index (χ1) is 18.9. The van der Waals surface area contributed by atoms with Crippen LogP contribution >= 0.6 is 15.9 Å². The van der Waals surface area contributed by atoms with Crippen LogP contribution in [0.5, 0.6) is 5.75 Å². The third kappa shape index (κ3) is 6.08. The van der Waals surface area contributed by atoms with Crippen molar-refractivity contribution in [3.63, 3.8) is 0 Å². The van der Waals surface area contributed by atoms with Gasteiger partial charge in [0, 0.05) is 36.2 Å². The molecule has 1 atom stereocenters. The number of nitrogens with zero attached hydrogens (tertiary/aromatic N) is 2. The molecule has 5 rings (SSSR count). The normalized spacial score (nSPS) is 19.4. The molecular formula is C31H31BrN2O5. The SMILES string of the molecule is Cc1ccccc1COc1ccc(C(O)=C2C(=O)C(=O)N(CCN3CCOCC3)C2c2ccc(Br)cc2)cc1. The number of aliphatic hydroxyl groups is 1. The van der Waals surface area contributed by atoms with E-state index in [1.807, 2.05) is 55.5 Å². The highest BCUT2D eigenvalue weighted by Crippen LogP contribution is 2.39. The molecule has 8 heteroatoms. The van der Waals surface area contributed by atoms with Crippen LogP contribution in [0.2, 0.25) is 0 Å². The smallest absolute Gasteiger partial charge is 0.295 e. The quantitative estimate of drug-likeness (QED) is 0.224. The molecule has 1 N–H and O–H groups in total. The standard InChI is InChI=1S/C31H31BrN2O5/c1-21-4-2-3-5-24(21)20-39-26-12-8-23(9-13-26)29(35)27-28(22-6-10-25(32)11-7-22)34(31(37)30(27)36)15-14-33-16-18-38-19-17-33/h2-13,28,35H,14-20H2,1H3. The number of Topliss-reactive ketones (excluding diaryl/α,β-unsaturated/α-hetero) is 1. The largest absolute Gasteiger partial charge is 0.507 e. The van der Waals surface area contributed by atoms with E-state index in [0.29, 0.717) is 44.2 Å². The molecule has 0 bridgehead atoms. The van der Waals surface area contributed by atoms with Crippen molar-refractivity contribution in [2.45, 2.75) is 19.6 Å². The van der Waals surface area contributed by atoms with Gasteiger partial charge in [-0.2, -0.15) is 0 Å². The summed E-state index contributed by atoms with van der Waals surface area (Å²) in [6, 6.07) is 21.8. The zero-order valence-electron chi connectivity index (χ0n) is 21.8. The number of aryl methyl sites for hydroxylation is 1. The monoisotopic (exact) mass is 590 g/mol. The Bertz CT molecular complexity index is 1360. The number of halogens is 1. The summed E-state index contributed by atoms with van der Waals surface area (Å²) in [5.41, 5.74) is 3.55. The van der Waals surface area contributed by atoms with Gasteiger partial charge in [-0.15, -0.1) is 0 Å². The van der Waals surface area contributed by atoms with Crippen LogP contribution < -0.4 is 4.74 Å². The molecule has 0 aliphatic carbocycles. The molecule has 0 radical (unpaired) electrons. The van der Waals surface area contributed by atoms with Crippen molar-refractivity contribution in [1.29, 1.82) is 0 Å². The van der Waals surface area contributed by atoms with E-state index in [9.17, 15) is 14.7 Å². The number of ether oxygens (including phenoxy) is 2. The minimum atomic E-state index is -0.684. The van der Waals surface area contributed by atoms with E-state index in [0.717, 1.165) is 34.3 Å². The fourth-order valence-corrected chi connectivity index (χ4v) is 5.24. The Hall–Kier alpha value is -3.46. The van der Waals surface area contributed by atoms with Gasteiger partial charge in [0.1, 0.15) is 18.1 Å². The molecule has 2 fully saturated rings. The highest BCUT2D eigenvalue weighted by molar-refractivity contribution is 9.10. The van der Waals surface area contributed by atoms with Crippen LogP contribution in [0, 0.1) is 6.92 Å². The van der Waals surface area contributed by atoms with E-state index in [2.05, 4.69) is 20.8 Å². The number of amides is 1. The second-order valence-electron chi connectivity index (χ2n) is 9.74. The Morgan fingerprint density at radius 2 is 1.67 bits per heavy atom. The molecule has 2 saturated heterocycles. The van der Waals surface area contributed by atoms with Crippen LogP contribution in [0.3, 0.4) is 0 Å². The van der Waals surface area contributed by atoms with Crippen LogP contribution in [0.4, 0.5) is 0 Å². The minimum absolute atomic E-state index is 0.0953. The predicted octanol–water partition coefficient (Wildman–Crippen LogP) is 5.09. The van der Waals surface area contributed by atoms with Gasteiger partial charge < -0.3 is 19.5 Å². The Morgan fingerprint density at radius 3 is 2.36 bits per heavy atom. The number of carbonyl (C=O) groups is 2. The molecule has 0 aromatic heterocycles. The average Bonchev–Trinajstić information content (AvgIpc) is 3.21. The number of rotatable bonds is 8. The third-order valence-electron chi connectivity index (χ3n) is 7.27. The number of benzene rings is 3. The van der Waals surface area contributed by atoms with Gasteiger partial charge in [0.05, 0.1) is 24.8 Å². The Morgan fingerprint density at radius 1 is 0.974 bits per heavy atom. The Kier molecular flexibility index (Phi) is 8.45. The maximum absolute atomic E-state index is 13.3. The molecule has 2 aliphatic heterocycles. The van der Waals surface area contributed by atoms with Crippen LogP contribution in [-0.4, -0.2) is 66.0 Å². The number of hydrogen-bond acceptors (Lipinski definition) is 6. The summed E-state index contributed by atoms with van der Waals surface area (Å²) < 4.78 is 12.3. The van der Waals surface area contributed by atoms with E-state index >= 15 is 0 Å². The molecule has 1 amide bonds. The predicted molar refractivity (Wildman–Crippen MR) is 152 cm³/mol. The number of morpholine rings is 1. The van der Waals surface area contributed by atoms with E-state index in [-0.39, 0.29) is 11.3 Å². The summed E-state index contributed by atoms with van der Waals surface area (Å²) in [6.07, 6.45) is 0. The minimum Gasteiger partial charge on any atom is -0.507 e. The second-order valence-corrected chi connectivity index (χ2v) is 10.7. The molecule has 0 saturated carbocycles. The van der Waals surface area contributed by atoms with Gasteiger partial charge in [-0.1, -0.05) is 52.3 Å². The van der Waals surface area contributed by atoms with Crippen molar-refractivity contribution in [2.24, 2.45) is 0 Å². The van der Waals surface area contributed by atoms with Crippen LogP contribution in [0.15, 0.2) is 82.8 Å². The zero-order valence-corrected chi connectivity index (χ0v) is 23.4. The van der Waals surface area contributed by atoms with E-state index in [1.54, 1.807) is 29.2 Å². The Labute approximate surface area is 236 Å². The molecule has 7 nitrogen and oxygen atoms in total. The van der Waals surface area contributed by atoms with Crippen LogP contribution in [0.1, 0.15) is 28.3 Å². The average molecular weight is 592 g/mol. The lowest BCUT2D eigenvalue weighted by molar-refractivity contribution is -0.140. The van der Waals surface area contributed by atoms with Gasteiger partial charge in [-0.05, 0) is 60.0 Å². The van der Waals surface area contributed by atoms with E-state index < -0.39 is 17.7 Å². The number of aliphatic hydroxyl groups excluding tert-OH is 1. The van der Waals surface area contributed by atoms with Crippen molar-refractivity contribution in [3.05, 3.63) is 105 Å². The Balaban J connectivity index is 1.41. The molecule has 202 valence electrons. The lowest BCUT2D eigenvalue weighted by Gasteiger charge is -2.31. The maximum atomic E-state index is 13.3. The summed E-state index contributed by atoms with van der Waals surface area (Å²) in [4.78, 5) is 30.3.